The number of nitrogens with zero attached hydrogens (tertiary/aromatic N) is 3. The van der Waals surface area contributed by atoms with Crippen molar-refractivity contribution in [2.45, 2.75) is 20.3 Å². The molecule has 0 aliphatic rings. The minimum Gasteiger partial charge on any atom is -0.324 e. The third-order valence-electron chi connectivity index (χ3n) is 4.74. The summed E-state index contributed by atoms with van der Waals surface area (Å²) in [6.07, 6.45) is 0.180. The lowest BCUT2D eigenvalue weighted by atomic mass is 10.1. The molecule has 0 fully saturated rings. The first-order chi connectivity index (χ1) is 14.4. The quantitative estimate of drug-likeness (QED) is 0.440. The van der Waals surface area contributed by atoms with Gasteiger partial charge < -0.3 is 5.32 Å². The Labute approximate surface area is 182 Å². The molecule has 5 nitrogen and oxygen atoms in total. The summed E-state index contributed by atoms with van der Waals surface area (Å²) in [5.74, 6) is -0.451. The zero-order valence-electron chi connectivity index (χ0n) is 16.3. The maximum atomic E-state index is 13.2. The van der Waals surface area contributed by atoms with E-state index in [1.807, 2.05) is 31.4 Å². The molecule has 4 aromatic rings. The Balaban J connectivity index is 1.56. The van der Waals surface area contributed by atoms with Crippen LogP contribution in [0.15, 0.2) is 53.9 Å². The summed E-state index contributed by atoms with van der Waals surface area (Å²) in [5.41, 5.74) is 4.62. The van der Waals surface area contributed by atoms with Crippen LogP contribution in [-0.2, 0) is 11.2 Å². The summed E-state index contributed by atoms with van der Waals surface area (Å²) >= 11 is 7.56. The lowest BCUT2D eigenvalue weighted by Gasteiger charge is -2.07. The molecule has 30 heavy (non-hydrogen) atoms. The molecule has 152 valence electrons. The van der Waals surface area contributed by atoms with Crippen molar-refractivity contribution in [3.05, 3.63) is 81.7 Å². The highest BCUT2D eigenvalue weighted by molar-refractivity contribution is 7.12. The number of carbonyl (C=O) groups excluding carboxylic acids is 1. The molecule has 0 aliphatic heterocycles. The molecule has 0 aliphatic carbocycles. The molecule has 0 saturated heterocycles. The van der Waals surface area contributed by atoms with E-state index < -0.39 is 0 Å². The van der Waals surface area contributed by atoms with Gasteiger partial charge in [0.05, 0.1) is 28.5 Å². The first kappa shape index (κ1) is 20.3. The summed E-state index contributed by atoms with van der Waals surface area (Å²) < 4.78 is 14.9. The zero-order chi connectivity index (χ0) is 21.3. The Hall–Kier alpha value is -3.03. The van der Waals surface area contributed by atoms with E-state index in [0.29, 0.717) is 15.8 Å². The fraction of sp³-hybridized carbons (Fsp3) is 0.136. The summed E-state index contributed by atoms with van der Waals surface area (Å²) in [4.78, 5) is 17.2. The molecule has 1 amide bonds. The topological polar surface area (TPSA) is 59.8 Å². The number of halogens is 2. The van der Waals surface area contributed by atoms with Gasteiger partial charge >= 0.3 is 0 Å². The number of anilines is 1. The molecule has 0 radical (unpaired) electrons. The van der Waals surface area contributed by atoms with Crippen molar-refractivity contribution in [3.63, 3.8) is 0 Å². The lowest BCUT2D eigenvalue weighted by molar-refractivity contribution is -0.115. The van der Waals surface area contributed by atoms with Gasteiger partial charge in [-0.1, -0.05) is 23.7 Å². The van der Waals surface area contributed by atoms with E-state index in [2.05, 4.69) is 15.4 Å². The molecule has 2 aromatic heterocycles. The molecule has 2 heterocycles. The third kappa shape index (κ3) is 4.13. The van der Waals surface area contributed by atoms with Gasteiger partial charge in [-0.2, -0.15) is 5.10 Å². The standard InChI is InChI=1S/C22H18ClFN4OS/c1-13-17(11-21(29)25-19-6-4-3-5-18(19)23)14(2)28(27-13)22-26-20(12-30-22)15-7-9-16(24)10-8-15/h3-10,12H,11H2,1-2H3,(H,25,29). The van der Waals surface area contributed by atoms with Gasteiger partial charge in [0.25, 0.3) is 0 Å². The first-order valence-electron chi connectivity index (χ1n) is 9.23. The second kappa shape index (κ2) is 8.38. The van der Waals surface area contributed by atoms with E-state index >= 15 is 0 Å². The normalized spacial score (nSPS) is 10.9. The number of rotatable bonds is 5. The van der Waals surface area contributed by atoms with Gasteiger partial charge in [0, 0.05) is 22.2 Å². The van der Waals surface area contributed by atoms with Gasteiger partial charge in [0.1, 0.15) is 5.82 Å². The first-order valence-corrected chi connectivity index (χ1v) is 10.5. The highest BCUT2D eigenvalue weighted by Gasteiger charge is 2.18. The maximum Gasteiger partial charge on any atom is 0.228 e. The van der Waals surface area contributed by atoms with E-state index in [0.717, 1.165) is 28.2 Å². The fourth-order valence-corrected chi connectivity index (χ4v) is 4.17. The number of aromatic nitrogens is 3. The summed E-state index contributed by atoms with van der Waals surface area (Å²) in [5, 5.41) is 10.5. The highest BCUT2D eigenvalue weighted by Crippen LogP contribution is 2.27. The number of aryl methyl sites for hydroxylation is 1. The van der Waals surface area contributed by atoms with Crippen molar-refractivity contribution < 1.29 is 9.18 Å². The van der Waals surface area contributed by atoms with Crippen LogP contribution >= 0.6 is 22.9 Å². The van der Waals surface area contributed by atoms with Gasteiger partial charge in [-0.3, -0.25) is 4.79 Å². The monoisotopic (exact) mass is 440 g/mol. The number of thiazole rings is 1. The Morgan fingerprint density at radius 2 is 1.90 bits per heavy atom. The molecule has 2 aromatic carbocycles. The van der Waals surface area contributed by atoms with E-state index in [9.17, 15) is 9.18 Å². The molecule has 4 rings (SSSR count). The van der Waals surface area contributed by atoms with Crippen LogP contribution in [0.2, 0.25) is 5.02 Å². The predicted molar refractivity (Wildman–Crippen MR) is 118 cm³/mol. The van der Waals surface area contributed by atoms with Gasteiger partial charge in [-0.25, -0.2) is 14.1 Å². The third-order valence-corrected chi connectivity index (χ3v) is 5.89. The molecule has 0 bridgehead atoms. The van der Waals surface area contributed by atoms with Crippen molar-refractivity contribution in [1.29, 1.82) is 0 Å². The Morgan fingerprint density at radius 3 is 2.63 bits per heavy atom. The predicted octanol–water partition coefficient (Wildman–Crippen LogP) is 5.59. The average Bonchev–Trinajstić information content (AvgIpc) is 3.31. The molecule has 0 spiro atoms. The van der Waals surface area contributed by atoms with Crippen LogP contribution in [-0.4, -0.2) is 20.7 Å². The van der Waals surface area contributed by atoms with Gasteiger partial charge in [-0.15, -0.1) is 11.3 Å². The summed E-state index contributed by atoms with van der Waals surface area (Å²) in [6.45, 7) is 3.78. The van der Waals surface area contributed by atoms with Gasteiger partial charge in [0.2, 0.25) is 11.0 Å². The second-order valence-corrected chi connectivity index (χ2v) is 8.03. The van der Waals surface area contributed by atoms with Crippen LogP contribution < -0.4 is 5.32 Å². The SMILES string of the molecule is Cc1nn(-c2nc(-c3ccc(F)cc3)cs2)c(C)c1CC(=O)Nc1ccccc1Cl. The maximum absolute atomic E-state index is 13.2. The number of para-hydroxylation sites is 1. The van der Waals surface area contributed by atoms with Crippen LogP contribution in [0.1, 0.15) is 17.0 Å². The minimum absolute atomic E-state index is 0.167. The Morgan fingerprint density at radius 1 is 1.17 bits per heavy atom. The largest absolute Gasteiger partial charge is 0.324 e. The van der Waals surface area contributed by atoms with Crippen molar-refractivity contribution in [2.75, 3.05) is 5.32 Å². The van der Waals surface area contributed by atoms with Crippen molar-refractivity contribution in [3.8, 4) is 16.4 Å². The van der Waals surface area contributed by atoms with Crippen LogP contribution in [0.3, 0.4) is 0 Å². The molecule has 1 N–H and O–H groups in total. The lowest BCUT2D eigenvalue weighted by Crippen LogP contribution is -2.15. The molecular formula is C22H18ClFN4OS. The number of benzene rings is 2. The number of amides is 1. The number of nitrogens with one attached hydrogen (secondary N) is 1. The molecule has 0 atom stereocenters. The van der Waals surface area contributed by atoms with Gasteiger partial charge in [0.15, 0.2) is 0 Å². The van der Waals surface area contributed by atoms with Crippen LogP contribution in [0.5, 0.6) is 0 Å². The molecule has 0 saturated carbocycles. The number of hydrogen-bond donors (Lipinski definition) is 1. The fourth-order valence-electron chi connectivity index (χ4n) is 3.15. The van der Waals surface area contributed by atoms with Crippen LogP contribution in [0.25, 0.3) is 16.4 Å². The van der Waals surface area contributed by atoms with Crippen LogP contribution in [0, 0.1) is 19.7 Å². The Bertz CT molecular complexity index is 1220. The molecule has 0 unspecified atom stereocenters. The number of carbonyl (C=O) groups is 1. The zero-order valence-corrected chi connectivity index (χ0v) is 17.9. The number of hydrogen-bond acceptors (Lipinski definition) is 4. The van der Waals surface area contributed by atoms with Gasteiger partial charge in [-0.05, 0) is 50.2 Å². The Kier molecular flexibility index (Phi) is 5.65. The molecule has 8 heteroatoms. The summed E-state index contributed by atoms with van der Waals surface area (Å²) in [7, 11) is 0. The molecular weight excluding hydrogens is 423 g/mol. The smallest absolute Gasteiger partial charge is 0.228 e. The van der Waals surface area contributed by atoms with E-state index in [1.165, 1.54) is 23.5 Å². The van der Waals surface area contributed by atoms with E-state index in [1.54, 1.807) is 28.9 Å². The highest BCUT2D eigenvalue weighted by atomic mass is 35.5. The van der Waals surface area contributed by atoms with E-state index in [-0.39, 0.29) is 18.1 Å². The van der Waals surface area contributed by atoms with Crippen LogP contribution in [0.4, 0.5) is 10.1 Å². The van der Waals surface area contributed by atoms with Crippen molar-refractivity contribution in [1.82, 2.24) is 14.8 Å². The second-order valence-electron chi connectivity index (χ2n) is 6.79. The van der Waals surface area contributed by atoms with E-state index in [4.69, 9.17) is 11.6 Å². The summed E-state index contributed by atoms with van der Waals surface area (Å²) in [6, 6.07) is 13.3. The minimum atomic E-state index is -0.285. The van der Waals surface area contributed by atoms with Crippen molar-refractivity contribution >= 4 is 34.5 Å². The average molecular weight is 441 g/mol. The van der Waals surface area contributed by atoms with Crippen molar-refractivity contribution in [2.24, 2.45) is 0 Å².